The molecule has 144 valence electrons. The van der Waals surface area contributed by atoms with Crippen molar-refractivity contribution in [3.05, 3.63) is 65.2 Å². The molecule has 0 spiro atoms. The molecule has 0 saturated carbocycles. The quantitative estimate of drug-likeness (QED) is 0.537. The maximum absolute atomic E-state index is 12.2. The number of hydrogen-bond acceptors (Lipinski definition) is 4. The standard InChI is InChI=1S/C20H24N2O4S/c1-15-4-5-17(16(2)14-15)6-11-20(23)21-12-13-22-27(24,25)19-9-7-18(26-3)8-10-19/h4-11,14,22H,12-13H2,1-3H3,(H,21,23)/b11-6+. The van der Waals surface area contributed by atoms with Crippen LogP contribution in [0.4, 0.5) is 0 Å². The highest BCUT2D eigenvalue weighted by Gasteiger charge is 2.13. The maximum atomic E-state index is 12.2. The molecular weight excluding hydrogens is 364 g/mol. The van der Waals surface area contributed by atoms with Gasteiger partial charge in [0, 0.05) is 19.2 Å². The van der Waals surface area contributed by atoms with Crippen LogP contribution in [0, 0.1) is 13.8 Å². The van der Waals surface area contributed by atoms with Crippen LogP contribution in [0.1, 0.15) is 16.7 Å². The van der Waals surface area contributed by atoms with Gasteiger partial charge >= 0.3 is 0 Å². The molecule has 0 unspecified atom stereocenters. The van der Waals surface area contributed by atoms with E-state index in [0.29, 0.717) is 5.75 Å². The number of carbonyl (C=O) groups is 1. The molecule has 0 radical (unpaired) electrons. The van der Waals surface area contributed by atoms with Gasteiger partial charge in [-0.1, -0.05) is 23.8 Å². The van der Waals surface area contributed by atoms with Gasteiger partial charge in [-0.3, -0.25) is 4.79 Å². The highest BCUT2D eigenvalue weighted by Crippen LogP contribution is 2.15. The molecule has 7 heteroatoms. The van der Waals surface area contributed by atoms with E-state index < -0.39 is 10.0 Å². The van der Waals surface area contributed by atoms with Crippen molar-refractivity contribution in [2.24, 2.45) is 0 Å². The van der Waals surface area contributed by atoms with Crippen LogP contribution in [0.25, 0.3) is 6.08 Å². The SMILES string of the molecule is COc1ccc(S(=O)(=O)NCCNC(=O)/C=C/c2ccc(C)cc2C)cc1. The van der Waals surface area contributed by atoms with Crippen molar-refractivity contribution in [3.63, 3.8) is 0 Å². The first kappa shape index (κ1) is 20.7. The number of amides is 1. The molecule has 27 heavy (non-hydrogen) atoms. The minimum atomic E-state index is -3.62. The average Bonchev–Trinajstić information content (AvgIpc) is 2.64. The summed E-state index contributed by atoms with van der Waals surface area (Å²) in [6.07, 6.45) is 3.18. The van der Waals surface area contributed by atoms with Gasteiger partial charge in [0.25, 0.3) is 0 Å². The van der Waals surface area contributed by atoms with Crippen molar-refractivity contribution in [2.75, 3.05) is 20.2 Å². The molecule has 0 aromatic heterocycles. The van der Waals surface area contributed by atoms with Crippen LogP contribution >= 0.6 is 0 Å². The largest absolute Gasteiger partial charge is 0.497 e. The molecule has 2 aromatic carbocycles. The monoisotopic (exact) mass is 388 g/mol. The molecule has 0 aliphatic rings. The zero-order valence-electron chi connectivity index (χ0n) is 15.7. The number of aryl methyl sites for hydroxylation is 2. The topological polar surface area (TPSA) is 84.5 Å². The summed E-state index contributed by atoms with van der Waals surface area (Å²) >= 11 is 0. The first-order valence-electron chi connectivity index (χ1n) is 8.49. The summed E-state index contributed by atoms with van der Waals surface area (Å²) in [6, 6.07) is 12.1. The zero-order chi connectivity index (χ0) is 19.9. The zero-order valence-corrected chi connectivity index (χ0v) is 16.5. The van der Waals surface area contributed by atoms with E-state index in [1.807, 2.05) is 32.0 Å². The minimum Gasteiger partial charge on any atom is -0.497 e. The number of carbonyl (C=O) groups excluding carboxylic acids is 1. The predicted octanol–water partition coefficient (Wildman–Crippen LogP) is 2.42. The number of hydrogen-bond donors (Lipinski definition) is 2. The number of rotatable bonds is 8. The molecule has 0 aliphatic heterocycles. The van der Waals surface area contributed by atoms with Crippen molar-refractivity contribution in [3.8, 4) is 5.75 Å². The lowest BCUT2D eigenvalue weighted by atomic mass is 10.1. The Kier molecular flexibility index (Phi) is 7.15. The molecule has 0 heterocycles. The third-order valence-corrected chi connectivity index (χ3v) is 5.40. The normalized spacial score (nSPS) is 11.5. The van der Waals surface area contributed by atoms with Crippen molar-refractivity contribution in [1.29, 1.82) is 0 Å². The molecule has 0 fully saturated rings. The Labute approximate surface area is 160 Å². The number of benzene rings is 2. The minimum absolute atomic E-state index is 0.0947. The molecule has 0 saturated heterocycles. The summed E-state index contributed by atoms with van der Waals surface area (Å²) in [7, 11) is -2.11. The highest BCUT2D eigenvalue weighted by atomic mass is 32.2. The number of methoxy groups -OCH3 is 1. The van der Waals surface area contributed by atoms with E-state index in [4.69, 9.17) is 4.74 Å². The van der Waals surface area contributed by atoms with Gasteiger partial charge in [-0.25, -0.2) is 13.1 Å². The maximum Gasteiger partial charge on any atom is 0.244 e. The highest BCUT2D eigenvalue weighted by molar-refractivity contribution is 7.89. The van der Waals surface area contributed by atoms with Gasteiger partial charge in [-0.15, -0.1) is 0 Å². The van der Waals surface area contributed by atoms with Crippen molar-refractivity contribution in [2.45, 2.75) is 18.7 Å². The van der Waals surface area contributed by atoms with Gasteiger partial charge in [0.1, 0.15) is 5.75 Å². The Morgan fingerprint density at radius 2 is 1.78 bits per heavy atom. The number of nitrogens with one attached hydrogen (secondary N) is 2. The number of ether oxygens (including phenoxy) is 1. The summed E-state index contributed by atoms with van der Waals surface area (Å²) in [5.41, 5.74) is 3.22. The first-order chi connectivity index (χ1) is 12.8. The van der Waals surface area contributed by atoms with Crippen LogP contribution in [0.5, 0.6) is 5.75 Å². The molecule has 1 amide bonds. The Hall–Kier alpha value is -2.64. The second kappa shape index (κ2) is 9.34. The molecule has 0 atom stereocenters. The number of sulfonamides is 1. The third kappa shape index (κ3) is 6.23. The van der Waals surface area contributed by atoms with Crippen molar-refractivity contribution in [1.82, 2.24) is 10.0 Å². The van der Waals surface area contributed by atoms with Crippen LogP contribution in [0.3, 0.4) is 0 Å². The Bertz CT molecular complexity index is 919. The summed E-state index contributed by atoms with van der Waals surface area (Å²) in [5.74, 6) is 0.301. The predicted molar refractivity (Wildman–Crippen MR) is 106 cm³/mol. The van der Waals surface area contributed by atoms with Crippen LogP contribution in [-0.2, 0) is 14.8 Å². The van der Waals surface area contributed by atoms with Crippen molar-refractivity contribution >= 4 is 22.0 Å². The molecule has 2 aromatic rings. The van der Waals surface area contributed by atoms with Crippen LogP contribution in [0.15, 0.2) is 53.4 Å². The Morgan fingerprint density at radius 3 is 2.41 bits per heavy atom. The second-order valence-corrected chi connectivity index (χ2v) is 7.82. The summed E-state index contributed by atoms with van der Waals surface area (Å²) < 4.78 is 31.8. The van der Waals surface area contributed by atoms with Crippen LogP contribution in [0.2, 0.25) is 0 Å². The van der Waals surface area contributed by atoms with E-state index in [-0.39, 0.29) is 23.9 Å². The van der Waals surface area contributed by atoms with E-state index >= 15 is 0 Å². The van der Waals surface area contributed by atoms with E-state index in [9.17, 15) is 13.2 Å². The van der Waals surface area contributed by atoms with E-state index in [1.54, 1.807) is 18.2 Å². The van der Waals surface area contributed by atoms with Gasteiger partial charge in [-0.2, -0.15) is 0 Å². The Balaban J connectivity index is 1.81. The van der Waals surface area contributed by atoms with E-state index in [2.05, 4.69) is 10.0 Å². The molecule has 6 nitrogen and oxygen atoms in total. The van der Waals surface area contributed by atoms with E-state index in [0.717, 1.165) is 11.1 Å². The van der Waals surface area contributed by atoms with Gasteiger partial charge in [0.15, 0.2) is 0 Å². The van der Waals surface area contributed by atoms with Gasteiger partial charge in [0.2, 0.25) is 15.9 Å². The fraction of sp³-hybridized carbons (Fsp3) is 0.250. The molecule has 2 N–H and O–H groups in total. The molecular formula is C20H24N2O4S. The summed E-state index contributed by atoms with van der Waals surface area (Å²) in [4.78, 5) is 12.0. The fourth-order valence-electron chi connectivity index (χ4n) is 2.45. The third-order valence-electron chi connectivity index (χ3n) is 3.93. The van der Waals surface area contributed by atoms with E-state index in [1.165, 1.54) is 30.9 Å². The van der Waals surface area contributed by atoms with Crippen molar-refractivity contribution < 1.29 is 17.9 Å². The molecule has 2 rings (SSSR count). The fourth-order valence-corrected chi connectivity index (χ4v) is 3.48. The average molecular weight is 388 g/mol. The Morgan fingerprint density at radius 1 is 1.07 bits per heavy atom. The molecule has 0 aliphatic carbocycles. The van der Waals surface area contributed by atoms with Crippen LogP contribution in [-0.4, -0.2) is 34.5 Å². The smallest absolute Gasteiger partial charge is 0.244 e. The summed E-state index contributed by atoms with van der Waals surface area (Å²) in [5, 5.41) is 2.65. The van der Waals surface area contributed by atoms with Gasteiger partial charge in [0.05, 0.1) is 12.0 Å². The lowest BCUT2D eigenvalue weighted by molar-refractivity contribution is -0.116. The van der Waals surface area contributed by atoms with Gasteiger partial charge < -0.3 is 10.1 Å². The second-order valence-electron chi connectivity index (χ2n) is 6.06. The summed E-state index contributed by atoms with van der Waals surface area (Å²) in [6.45, 7) is 4.28. The lowest BCUT2D eigenvalue weighted by Crippen LogP contribution is -2.34. The van der Waals surface area contributed by atoms with Gasteiger partial charge in [-0.05, 0) is 55.3 Å². The molecule has 0 bridgehead atoms. The first-order valence-corrected chi connectivity index (χ1v) is 9.97. The lowest BCUT2D eigenvalue weighted by Gasteiger charge is -2.08. The van der Waals surface area contributed by atoms with Crippen LogP contribution < -0.4 is 14.8 Å².